The van der Waals surface area contributed by atoms with Crippen LogP contribution in [0.4, 0.5) is 11.4 Å². The number of ether oxygens (including phenoxy) is 4. The van der Waals surface area contributed by atoms with Crippen LogP contribution in [0, 0.1) is 0 Å². The molecule has 3 aliphatic rings. The molecule has 0 aliphatic carbocycles. The van der Waals surface area contributed by atoms with Crippen LogP contribution in [0.15, 0.2) is 97.1 Å². The summed E-state index contributed by atoms with van der Waals surface area (Å²) >= 11 is 0. The van der Waals surface area contributed by atoms with Gasteiger partial charge in [-0.2, -0.15) is 0 Å². The fourth-order valence-electron chi connectivity index (χ4n) is 7.99. The molecule has 4 aromatic carbocycles. The zero-order valence-corrected chi connectivity index (χ0v) is 32.7. The minimum atomic E-state index is -0.543. The number of nitrogens with zero attached hydrogens (tertiary/aromatic N) is 1. The number of likely N-dealkylation sites (tertiary alicyclic amines) is 1. The predicted molar refractivity (Wildman–Crippen MR) is 220 cm³/mol. The second kappa shape index (κ2) is 19.7. The molecule has 3 unspecified atom stereocenters. The molecule has 3 saturated heterocycles. The van der Waals surface area contributed by atoms with Crippen molar-refractivity contribution in [3.63, 3.8) is 0 Å². The van der Waals surface area contributed by atoms with Gasteiger partial charge in [0.05, 0.1) is 43.4 Å². The van der Waals surface area contributed by atoms with Crippen LogP contribution >= 0.6 is 0 Å². The van der Waals surface area contributed by atoms with Crippen LogP contribution in [0.2, 0.25) is 0 Å². The summed E-state index contributed by atoms with van der Waals surface area (Å²) in [5.74, 6) is -0.448. The maximum absolute atomic E-state index is 12.8. The number of aliphatic hydroxyl groups is 1. The Bertz CT molecular complexity index is 1900. The van der Waals surface area contributed by atoms with Gasteiger partial charge in [-0.05, 0) is 52.8 Å². The number of piperidine rings is 1. The van der Waals surface area contributed by atoms with Gasteiger partial charge in [-0.1, -0.05) is 97.8 Å². The Morgan fingerprint density at radius 2 is 1.44 bits per heavy atom. The van der Waals surface area contributed by atoms with Crippen molar-refractivity contribution < 1.29 is 33.6 Å². The van der Waals surface area contributed by atoms with Crippen LogP contribution in [-0.4, -0.2) is 66.6 Å². The van der Waals surface area contributed by atoms with Crippen molar-refractivity contribution in [1.82, 2.24) is 10.2 Å². The highest BCUT2D eigenvalue weighted by Gasteiger charge is 2.41. The number of aliphatic hydroxyl groups excluding tert-OH is 1. The first-order valence-corrected chi connectivity index (χ1v) is 20.5. The molecule has 0 saturated carbocycles. The zero-order valence-electron chi connectivity index (χ0n) is 32.7. The van der Waals surface area contributed by atoms with Crippen LogP contribution in [0.1, 0.15) is 92.4 Å². The van der Waals surface area contributed by atoms with Crippen LogP contribution in [0.5, 0.6) is 0 Å². The summed E-state index contributed by atoms with van der Waals surface area (Å²) in [6.45, 7) is 4.35. The number of carbonyl (C=O) groups excluding carboxylic acids is 2. The fourth-order valence-corrected chi connectivity index (χ4v) is 7.99. The Morgan fingerprint density at radius 1 is 0.772 bits per heavy atom. The van der Waals surface area contributed by atoms with Crippen molar-refractivity contribution in [3.8, 4) is 11.1 Å². The average Bonchev–Trinajstić information content (AvgIpc) is 3.71. The molecule has 4 aromatic rings. The lowest BCUT2D eigenvalue weighted by atomic mass is 9.97. The minimum Gasteiger partial charge on any atom is -0.397 e. The fraction of sp³-hybridized carbons (Fsp3) is 0.435. The van der Waals surface area contributed by atoms with Crippen LogP contribution < -0.4 is 16.4 Å². The van der Waals surface area contributed by atoms with E-state index in [1.165, 1.54) is 0 Å². The van der Waals surface area contributed by atoms with Crippen molar-refractivity contribution in [2.75, 3.05) is 43.9 Å². The first-order valence-electron chi connectivity index (χ1n) is 20.5. The first-order chi connectivity index (χ1) is 27.9. The summed E-state index contributed by atoms with van der Waals surface area (Å²) in [5, 5.41) is 15.6. The van der Waals surface area contributed by atoms with Crippen LogP contribution in [0.3, 0.4) is 0 Å². The number of benzene rings is 4. The van der Waals surface area contributed by atoms with Gasteiger partial charge in [-0.3, -0.25) is 9.59 Å². The van der Waals surface area contributed by atoms with Gasteiger partial charge in [0, 0.05) is 63.8 Å². The van der Waals surface area contributed by atoms with E-state index in [1.807, 2.05) is 48.5 Å². The summed E-state index contributed by atoms with van der Waals surface area (Å²) < 4.78 is 25.2. The van der Waals surface area contributed by atoms with Gasteiger partial charge in [-0.25, -0.2) is 0 Å². The lowest BCUT2D eigenvalue weighted by Gasteiger charge is -2.41. The maximum Gasteiger partial charge on any atom is 0.224 e. The number of nitrogens with two attached hydrogens (primary N) is 1. The Labute approximate surface area is 335 Å². The molecule has 0 bridgehead atoms. The van der Waals surface area contributed by atoms with Crippen LogP contribution in [-0.2, 0) is 41.7 Å². The third kappa shape index (κ3) is 11.1. The quantitative estimate of drug-likeness (QED) is 0.0676. The molecule has 302 valence electrons. The number of unbranched alkanes of at least 4 members (excludes halogenated alkanes) is 3. The molecular formula is C46H56N4O7. The van der Waals surface area contributed by atoms with E-state index < -0.39 is 12.1 Å². The summed E-state index contributed by atoms with van der Waals surface area (Å²) in [5.41, 5.74) is 13.1. The number of amides is 2. The van der Waals surface area contributed by atoms with E-state index in [0.29, 0.717) is 44.0 Å². The topological polar surface area (TPSA) is 145 Å². The monoisotopic (exact) mass is 776 g/mol. The van der Waals surface area contributed by atoms with E-state index in [9.17, 15) is 14.7 Å². The van der Waals surface area contributed by atoms with E-state index in [1.54, 1.807) is 12.1 Å². The largest absolute Gasteiger partial charge is 0.397 e. The molecule has 3 aliphatic heterocycles. The van der Waals surface area contributed by atoms with E-state index >= 15 is 0 Å². The molecule has 2 amide bonds. The van der Waals surface area contributed by atoms with E-state index in [0.717, 1.165) is 98.0 Å². The molecule has 1 spiro atoms. The third-order valence-corrected chi connectivity index (χ3v) is 11.3. The Kier molecular flexibility index (Phi) is 14.0. The molecule has 11 heteroatoms. The average molecular weight is 777 g/mol. The number of carbonyl (C=O) groups is 2. The summed E-state index contributed by atoms with van der Waals surface area (Å²) in [6.07, 6.45) is 5.86. The smallest absolute Gasteiger partial charge is 0.224 e. The van der Waals surface area contributed by atoms with E-state index in [2.05, 4.69) is 51.9 Å². The number of hydrogen-bond acceptors (Lipinski definition) is 9. The van der Waals surface area contributed by atoms with Crippen molar-refractivity contribution in [1.29, 1.82) is 0 Å². The number of nitrogen functional groups attached to an aromatic ring is 1. The summed E-state index contributed by atoms with van der Waals surface area (Å²) in [4.78, 5) is 27.5. The number of hydrogen-bond donors (Lipinski definition) is 4. The lowest BCUT2D eigenvalue weighted by Crippen LogP contribution is -2.48. The number of nitrogens with one attached hydrogen (secondary N) is 2. The van der Waals surface area contributed by atoms with Gasteiger partial charge < -0.3 is 45.3 Å². The van der Waals surface area contributed by atoms with E-state index in [4.69, 9.17) is 24.7 Å². The summed E-state index contributed by atoms with van der Waals surface area (Å²) in [6, 6.07) is 31.7. The molecule has 3 heterocycles. The van der Waals surface area contributed by atoms with Crippen molar-refractivity contribution in [2.45, 2.75) is 95.2 Å². The predicted octanol–water partition coefficient (Wildman–Crippen LogP) is 7.41. The van der Waals surface area contributed by atoms with Gasteiger partial charge in [-0.15, -0.1) is 0 Å². The number of rotatable bonds is 16. The van der Waals surface area contributed by atoms with Crippen molar-refractivity contribution >= 4 is 23.2 Å². The van der Waals surface area contributed by atoms with Crippen LogP contribution in [0.25, 0.3) is 11.1 Å². The Balaban J connectivity index is 0.909. The molecule has 5 N–H and O–H groups in total. The van der Waals surface area contributed by atoms with Gasteiger partial charge >= 0.3 is 0 Å². The number of anilines is 2. The Hall–Kier alpha value is -4.62. The maximum atomic E-state index is 12.8. The second-order valence-corrected chi connectivity index (χ2v) is 15.4. The van der Waals surface area contributed by atoms with Gasteiger partial charge in [0.15, 0.2) is 12.1 Å². The molecular weight excluding hydrogens is 721 g/mol. The molecule has 0 aromatic heterocycles. The zero-order chi connectivity index (χ0) is 39.5. The standard InChI is InChI=1S/C46H56N4O7/c47-40-11-7-8-12-41(40)49-44(53)14-4-2-1-3-13-43(52)48-30-37-9-5-6-10-39(37)34-19-21-36(22-20-34)45-56-38(29-42(57-45)35-17-15-33(32-51)16-18-35)31-50-25-23-46(24-26-50)54-27-28-55-46/h5-12,15-22,38,42,45,51H,1-4,13-14,23-32,47H2,(H,48,52)(H,49,53). The second-order valence-electron chi connectivity index (χ2n) is 15.4. The number of para-hydroxylation sites is 2. The molecule has 11 nitrogen and oxygen atoms in total. The molecule has 7 rings (SSSR count). The first kappa shape index (κ1) is 40.6. The molecule has 3 atom stereocenters. The SMILES string of the molecule is Nc1ccccc1NC(=O)CCCCCCC(=O)NCc1ccccc1-c1ccc(C2OC(CN3CCC4(CC3)OCCO4)CC(c3ccc(CO)cc3)O2)cc1. The highest BCUT2D eigenvalue weighted by Crippen LogP contribution is 2.40. The third-order valence-electron chi connectivity index (χ3n) is 11.3. The molecule has 3 fully saturated rings. The minimum absolute atomic E-state index is 0.00282. The van der Waals surface area contributed by atoms with Gasteiger partial charge in [0.25, 0.3) is 0 Å². The normalized spacial score (nSPS) is 20.7. The van der Waals surface area contributed by atoms with Gasteiger partial charge in [0.1, 0.15) is 0 Å². The highest BCUT2D eigenvalue weighted by atomic mass is 16.7. The lowest BCUT2D eigenvalue weighted by molar-refractivity contribution is -0.255. The van der Waals surface area contributed by atoms with Crippen molar-refractivity contribution in [3.05, 3.63) is 119 Å². The summed E-state index contributed by atoms with van der Waals surface area (Å²) in [7, 11) is 0. The highest BCUT2D eigenvalue weighted by molar-refractivity contribution is 5.93. The van der Waals surface area contributed by atoms with Gasteiger partial charge in [0.2, 0.25) is 11.8 Å². The molecule has 0 radical (unpaired) electrons. The van der Waals surface area contributed by atoms with Crippen molar-refractivity contribution in [2.24, 2.45) is 0 Å². The van der Waals surface area contributed by atoms with E-state index in [-0.39, 0.29) is 30.6 Å². The Morgan fingerprint density at radius 3 is 2.16 bits per heavy atom. The molecule has 57 heavy (non-hydrogen) atoms.